The van der Waals surface area contributed by atoms with E-state index >= 15 is 0 Å². The van der Waals surface area contributed by atoms with E-state index in [0.29, 0.717) is 11.3 Å². The molecule has 0 aromatic heterocycles. The van der Waals surface area contributed by atoms with E-state index in [9.17, 15) is 18.3 Å². The highest BCUT2D eigenvalue weighted by Crippen LogP contribution is 2.38. The fourth-order valence-electron chi connectivity index (χ4n) is 1.56. The van der Waals surface area contributed by atoms with Gasteiger partial charge in [0.2, 0.25) is 0 Å². The molecule has 0 saturated carbocycles. The molecule has 0 amide bonds. The number of phenols is 1. The van der Waals surface area contributed by atoms with Crippen LogP contribution in [0.5, 0.6) is 5.75 Å². The Bertz CT molecular complexity index is 362. The van der Waals surface area contributed by atoms with Crippen LogP contribution >= 0.6 is 0 Å². The predicted molar refractivity (Wildman–Crippen MR) is 45.3 cm³/mol. The van der Waals surface area contributed by atoms with Crippen LogP contribution in [0, 0.1) is 0 Å². The monoisotopic (exact) mass is 203 g/mol. The maximum absolute atomic E-state index is 12.3. The predicted octanol–water partition coefficient (Wildman–Crippen LogP) is 2.29. The number of aromatic hydroxyl groups is 1. The van der Waals surface area contributed by atoms with E-state index in [-0.39, 0.29) is 12.2 Å². The summed E-state index contributed by atoms with van der Waals surface area (Å²) in [6.45, 7) is 0. The van der Waals surface area contributed by atoms with Crippen LogP contribution in [0.4, 0.5) is 18.9 Å². The summed E-state index contributed by atoms with van der Waals surface area (Å²) in [6.07, 6.45) is -4.48. The van der Waals surface area contributed by atoms with Gasteiger partial charge in [-0.1, -0.05) is 6.07 Å². The van der Waals surface area contributed by atoms with Crippen molar-refractivity contribution in [2.45, 2.75) is 18.6 Å². The first-order chi connectivity index (χ1) is 6.48. The lowest BCUT2D eigenvalue weighted by molar-refractivity contribution is -0.140. The lowest BCUT2D eigenvalue weighted by atomic mass is 10.1. The van der Waals surface area contributed by atoms with Crippen LogP contribution in [0.15, 0.2) is 18.2 Å². The number of nitrogens with one attached hydrogen (secondary N) is 1. The van der Waals surface area contributed by atoms with Crippen LogP contribution in [0.2, 0.25) is 0 Å². The molecule has 0 saturated heterocycles. The van der Waals surface area contributed by atoms with Gasteiger partial charge >= 0.3 is 6.18 Å². The Labute approximate surface area is 78.4 Å². The van der Waals surface area contributed by atoms with E-state index in [1.807, 2.05) is 0 Å². The number of phenolic OH excluding ortho intramolecular Hbond substituents is 1. The fourth-order valence-corrected chi connectivity index (χ4v) is 1.56. The van der Waals surface area contributed by atoms with Gasteiger partial charge in [-0.05, 0) is 12.1 Å². The molecule has 76 valence electrons. The third-order valence-electron chi connectivity index (χ3n) is 2.28. The Morgan fingerprint density at radius 2 is 2.07 bits per heavy atom. The van der Waals surface area contributed by atoms with Crippen molar-refractivity contribution in [1.82, 2.24) is 0 Å². The smallest absolute Gasteiger partial charge is 0.408 e. The van der Waals surface area contributed by atoms with Crippen molar-refractivity contribution in [1.29, 1.82) is 0 Å². The lowest BCUT2D eigenvalue weighted by Gasteiger charge is -2.14. The number of fused-ring (bicyclic) bond motifs is 1. The minimum Gasteiger partial charge on any atom is -0.508 e. The highest BCUT2D eigenvalue weighted by Gasteiger charge is 2.43. The summed E-state index contributed by atoms with van der Waals surface area (Å²) < 4.78 is 36.9. The van der Waals surface area contributed by atoms with Gasteiger partial charge in [-0.15, -0.1) is 0 Å². The molecule has 0 spiro atoms. The normalized spacial score (nSPS) is 20.4. The maximum atomic E-state index is 12.3. The number of hydrogen-bond acceptors (Lipinski definition) is 2. The highest BCUT2D eigenvalue weighted by atomic mass is 19.4. The van der Waals surface area contributed by atoms with E-state index in [0.717, 1.165) is 0 Å². The van der Waals surface area contributed by atoms with Gasteiger partial charge in [-0.25, -0.2) is 0 Å². The molecule has 1 aromatic carbocycles. The summed E-state index contributed by atoms with van der Waals surface area (Å²) in [6, 6.07) is 2.85. The van der Waals surface area contributed by atoms with Crippen LogP contribution < -0.4 is 5.32 Å². The standard InChI is InChI=1S/C9H8F3NO/c10-9(11,12)8-4-5-6(13-8)2-1-3-7(5)14/h1-3,8,13-14H,4H2/t8-/m1/s1. The second-order valence-electron chi connectivity index (χ2n) is 3.25. The van der Waals surface area contributed by atoms with Gasteiger partial charge < -0.3 is 10.4 Å². The summed E-state index contributed by atoms with van der Waals surface area (Å²) >= 11 is 0. The molecule has 0 radical (unpaired) electrons. The minimum atomic E-state index is -4.27. The lowest BCUT2D eigenvalue weighted by Crippen LogP contribution is -2.34. The summed E-state index contributed by atoms with van der Waals surface area (Å²) in [4.78, 5) is 0. The fraction of sp³-hybridized carbons (Fsp3) is 0.333. The number of anilines is 1. The summed E-state index contributed by atoms with van der Waals surface area (Å²) in [5.41, 5.74) is 0.710. The van der Waals surface area contributed by atoms with Crippen LogP contribution in [0.1, 0.15) is 5.56 Å². The molecular formula is C9H8F3NO. The van der Waals surface area contributed by atoms with Crippen LogP contribution in [-0.4, -0.2) is 17.3 Å². The molecule has 1 atom stereocenters. The topological polar surface area (TPSA) is 32.3 Å². The molecule has 1 aliphatic rings. The van der Waals surface area contributed by atoms with Gasteiger partial charge in [0.25, 0.3) is 0 Å². The zero-order valence-electron chi connectivity index (χ0n) is 7.10. The molecule has 2 nitrogen and oxygen atoms in total. The number of hydrogen-bond donors (Lipinski definition) is 2. The van der Waals surface area contributed by atoms with Crippen molar-refractivity contribution in [3.63, 3.8) is 0 Å². The van der Waals surface area contributed by atoms with Crippen LogP contribution in [-0.2, 0) is 6.42 Å². The van der Waals surface area contributed by atoms with Gasteiger partial charge in [-0.3, -0.25) is 0 Å². The Balaban J connectivity index is 2.31. The molecule has 2 rings (SSSR count). The molecule has 5 heteroatoms. The molecule has 1 heterocycles. The number of alkyl halides is 3. The third kappa shape index (κ3) is 1.38. The Hall–Kier alpha value is -1.39. The van der Waals surface area contributed by atoms with E-state index in [1.165, 1.54) is 18.2 Å². The quantitative estimate of drug-likeness (QED) is 0.678. The van der Waals surface area contributed by atoms with Gasteiger partial charge in [-0.2, -0.15) is 13.2 Å². The van der Waals surface area contributed by atoms with Crippen molar-refractivity contribution in [3.8, 4) is 5.75 Å². The van der Waals surface area contributed by atoms with Crippen LogP contribution in [0.25, 0.3) is 0 Å². The largest absolute Gasteiger partial charge is 0.508 e. The van der Waals surface area contributed by atoms with E-state index < -0.39 is 12.2 Å². The minimum absolute atomic E-state index is 0.0817. The van der Waals surface area contributed by atoms with Gasteiger partial charge in [0.15, 0.2) is 0 Å². The SMILES string of the molecule is Oc1cccc2c1C[C@H](C(F)(F)F)N2. The zero-order valence-corrected chi connectivity index (χ0v) is 7.10. The van der Waals surface area contributed by atoms with E-state index in [2.05, 4.69) is 5.32 Å². The summed E-state index contributed by atoms with van der Waals surface area (Å²) in [5.74, 6) is -0.0817. The van der Waals surface area contributed by atoms with Crippen molar-refractivity contribution in [2.75, 3.05) is 5.32 Å². The van der Waals surface area contributed by atoms with E-state index in [4.69, 9.17) is 0 Å². The van der Waals surface area contributed by atoms with Gasteiger partial charge in [0.1, 0.15) is 11.8 Å². The number of rotatable bonds is 0. The molecule has 0 fully saturated rings. The average Bonchev–Trinajstić information content (AvgIpc) is 2.48. The Kier molecular flexibility index (Phi) is 1.83. The Morgan fingerprint density at radius 1 is 1.36 bits per heavy atom. The molecule has 0 bridgehead atoms. The molecule has 1 aromatic rings. The summed E-state index contributed by atoms with van der Waals surface area (Å²) in [7, 11) is 0. The molecule has 0 unspecified atom stereocenters. The number of halogens is 3. The average molecular weight is 203 g/mol. The molecule has 2 N–H and O–H groups in total. The first-order valence-electron chi connectivity index (χ1n) is 4.12. The molecule has 14 heavy (non-hydrogen) atoms. The van der Waals surface area contributed by atoms with Gasteiger partial charge in [0, 0.05) is 17.7 Å². The molecule has 0 aliphatic carbocycles. The third-order valence-corrected chi connectivity index (χ3v) is 2.28. The van der Waals surface area contributed by atoms with E-state index in [1.54, 1.807) is 0 Å². The van der Waals surface area contributed by atoms with Gasteiger partial charge in [0.05, 0.1) is 0 Å². The molecule has 1 aliphatic heterocycles. The first-order valence-corrected chi connectivity index (χ1v) is 4.12. The van der Waals surface area contributed by atoms with Crippen molar-refractivity contribution in [3.05, 3.63) is 23.8 Å². The van der Waals surface area contributed by atoms with Crippen molar-refractivity contribution in [2.24, 2.45) is 0 Å². The molecular weight excluding hydrogens is 195 g/mol. The second-order valence-corrected chi connectivity index (χ2v) is 3.25. The highest BCUT2D eigenvalue weighted by molar-refractivity contribution is 5.62. The Morgan fingerprint density at radius 3 is 2.64 bits per heavy atom. The summed E-state index contributed by atoms with van der Waals surface area (Å²) in [5, 5.41) is 11.6. The maximum Gasteiger partial charge on any atom is 0.408 e. The first kappa shape index (κ1) is 9.18. The van der Waals surface area contributed by atoms with Crippen LogP contribution in [0.3, 0.4) is 0 Å². The number of benzene rings is 1. The zero-order chi connectivity index (χ0) is 10.3. The second kappa shape index (κ2) is 2.80. The van der Waals surface area contributed by atoms with Crippen molar-refractivity contribution >= 4 is 5.69 Å². The van der Waals surface area contributed by atoms with Crippen molar-refractivity contribution < 1.29 is 18.3 Å².